The molecule has 12 rings (SSSR count). The first-order valence-corrected chi connectivity index (χ1v) is 33.8. The van der Waals surface area contributed by atoms with Crippen LogP contribution in [0, 0.1) is 0 Å². The van der Waals surface area contributed by atoms with Gasteiger partial charge < -0.3 is 20.4 Å². The molecule has 12 aromatic carbocycles. The number of para-hydroxylation sites is 4. The second kappa shape index (κ2) is 31.5. The summed E-state index contributed by atoms with van der Waals surface area (Å²) in [6, 6.07) is 110. The van der Waals surface area contributed by atoms with Gasteiger partial charge in [0.05, 0.1) is 0 Å². The molecule has 4 heteroatoms. The minimum atomic E-state index is 1.06. The van der Waals surface area contributed by atoms with Crippen LogP contribution in [0.25, 0.3) is 55.6 Å². The highest BCUT2D eigenvalue weighted by Crippen LogP contribution is 2.41. The lowest BCUT2D eigenvalue weighted by Crippen LogP contribution is -2.10. The summed E-state index contributed by atoms with van der Waals surface area (Å²) < 4.78 is 0. The Morgan fingerprint density at radius 3 is 0.783 bits per heavy atom. The number of aryl methyl sites for hydroxylation is 2. The van der Waals surface area contributed by atoms with Gasteiger partial charge in [-0.05, 0) is 191 Å². The Balaban J connectivity index is 0.691. The molecule has 4 nitrogen and oxygen atoms in total. The molecule has 0 radical (unpaired) electrons. The number of unbranched alkanes of at least 4 members (excludes halogenated alkanes) is 10. The Morgan fingerprint density at radius 1 is 0.217 bits per heavy atom. The molecular formula is C88H86N4. The SMILES string of the molecule is CCCCCCCCc1ccc(-c2ccccc2Nc2ccc(-c3ccc(N(c4ccccc4)c4ccc(-c5ccc(N(c6ccccc6)c6ccc(-c7ccc(Nc8ccccc8-c8ccc(CCCCCCCC)cc8)cc7)cc6)cc5)cc4)cc3)cc2)cc1. The molecule has 0 fully saturated rings. The quantitative estimate of drug-likeness (QED) is 0.0458. The van der Waals surface area contributed by atoms with Gasteiger partial charge in [0, 0.05) is 68.0 Å². The third-order valence-corrected chi connectivity index (χ3v) is 17.9. The van der Waals surface area contributed by atoms with E-state index in [2.05, 4.69) is 338 Å². The van der Waals surface area contributed by atoms with E-state index in [0.29, 0.717) is 0 Å². The van der Waals surface area contributed by atoms with E-state index in [1.807, 2.05) is 0 Å². The maximum absolute atomic E-state index is 3.73. The minimum Gasteiger partial charge on any atom is -0.355 e. The molecule has 0 heterocycles. The van der Waals surface area contributed by atoms with Gasteiger partial charge in [-0.15, -0.1) is 0 Å². The Hall–Kier alpha value is -10.2. The van der Waals surface area contributed by atoms with Crippen LogP contribution in [0.1, 0.15) is 102 Å². The van der Waals surface area contributed by atoms with Crippen LogP contribution in [0.2, 0.25) is 0 Å². The number of hydrogen-bond acceptors (Lipinski definition) is 4. The summed E-state index contributed by atoms with van der Waals surface area (Å²) in [7, 11) is 0. The zero-order valence-electron chi connectivity index (χ0n) is 53.7. The lowest BCUT2D eigenvalue weighted by Gasteiger charge is -2.26. The van der Waals surface area contributed by atoms with Crippen molar-refractivity contribution in [2.75, 3.05) is 20.4 Å². The average molecular weight is 1200 g/mol. The topological polar surface area (TPSA) is 30.5 Å². The summed E-state index contributed by atoms with van der Waals surface area (Å²) in [4.78, 5) is 4.66. The van der Waals surface area contributed by atoms with E-state index in [9.17, 15) is 0 Å². The zero-order chi connectivity index (χ0) is 62.5. The molecule has 0 atom stereocenters. The van der Waals surface area contributed by atoms with Gasteiger partial charge in [0.2, 0.25) is 0 Å². The fourth-order valence-electron chi connectivity index (χ4n) is 12.7. The predicted molar refractivity (Wildman–Crippen MR) is 397 cm³/mol. The zero-order valence-corrected chi connectivity index (χ0v) is 53.7. The summed E-state index contributed by atoms with van der Waals surface area (Å²) in [6.07, 6.45) is 18.2. The maximum atomic E-state index is 3.73. The van der Waals surface area contributed by atoms with E-state index < -0.39 is 0 Å². The largest absolute Gasteiger partial charge is 0.355 e. The normalized spacial score (nSPS) is 11.1. The second-order valence-corrected chi connectivity index (χ2v) is 24.5. The molecule has 458 valence electrons. The lowest BCUT2D eigenvalue weighted by atomic mass is 9.99. The molecule has 0 bridgehead atoms. The van der Waals surface area contributed by atoms with Gasteiger partial charge in [-0.1, -0.05) is 272 Å². The predicted octanol–water partition coefficient (Wildman–Crippen LogP) is 26.3. The third kappa shape index (κ3) is 16.1. The van der Waals surface area contributed by atoms with Crippen LogP contribution in [0.5, 0.6) is 0 Å². The Bertz CT molecular complexity index is 3890. The van der Waals surface area contributed by atoms with Crippen molar-refractivity contribution in [1.29, 1.82) is 0 Å². The summed E-state index contributed by atoms with van der Waals surface area (Å²) in [5.74, 6) is 0. The van der Waals surface area contributed by atoms with E-state index in [1.165, 1.54) is 133 Å². The molecule has 0 unspecified atom stereocenters. The van der Waals surface area contributed by atoms with Gasteiger partial charge >= 0.3 is 0 Å². The van der Waals surface area contributed by atoms with Crippen LogP contribution < -0.4 is 20.4 Å². The van der Waals surface area contributed by atoms with Gasteiger partial charge in [-0.2, -0.15) is 0 Å². The van der Waals surface area contributed by atoms with Crippen LogP contribution >= 0.6 is 0 Å². The molecule has 0 aliphatic carbocycles. The van der Waals surface area contributed by atoms with Gasteiger partial charge in [0.1, 0.15) is 0 Å². The summed E-state index contributed by atoms with van der Waals surface area (Å²) in [5.41, 5.74) is 25.6. The van der Waals surface area contributed by atoms with E-state index in [4.69, 9.17) is 0 Å². The van der Waals surface area contributed by atoms with Gasteiger partial charge in [0.25, 0.3) is 0 Å². The molecule has 0 saturated heterocycles. The smallest absolute Gasteiger partial charge is 0.0463 e. The van der Waals surface area contributed by atoms with Crippen molar-refractivity contribution < 1.29 is 0 Å². The minimum absolute atomic E-state index is 1.06. The van der Waals surface area contributed by atoms with E-state index in [-0.39, 0.29) is 0 Å². The first-order chi connectivity index (χ1) is 45.5. The molecule has 92 heavy (non-hydrogen) atoms. The van der Waals surface area contributed by atoms with Crippen molar-refractivity contribution in [3.63, 3.8) is 0 Å². The molecule has 0 aliphatic heterocycles. The summed E-state index contributed by atoms with van der Waals surface area (Å²) in [6.45, 7) is 4.56. The monoisotopic (exact) mass is 1200 g/mol. The van der Waals surface area contributed by atoms with E-state index in [1.54, 1.807) is 0 Å². The van der Waals surface area contributed by atoms with E-state index in [0.717, 1.165) is 80.8 Å². The highest BCUT2D eigenvalue weighted by atomic mass is 15.1. The second-order valence-electron chi connectivity index (χ2n) is 24.5. The first-order valence-electron chi connectivity index (χ1n) is 33.8. The van der Waals surface area contributed by atoms with Crippen molar-refractivity contribution in [3.8, 4) is 55.6 Å². The average Bonchev–Trinajstić information content (AvgIpc) is 1.13. The molecule has 0 aromatic heterocycles. The Morgan fingerprint density at radius 2 is 0.467 bits per heavy atom. The fourth-order valence-corrected chi connectivity index (χ4v) is 12.7. The highest BCUT2D eigenvalue weighted by molar-refractivity contribution is 5.86. The summed E-state index contributed by atoms with van der Waals surface area (Å²) >= 11 is 0. The standard InChI is InChI=1S/C88H86N4/c1-3-5-7-9-11-15-25-67-35-39-75(40-36-67)85-31-21-23-33-87(85)89-77-55-43-69(44-56-77)71-47-59-81(60-48-71)91(79-27-17-13-18-28-79)83-63-51-73(52-64-83)74-53-65-84(66-54-74)92(80-29-19-14-20-30-80)82-61-49-72(50-62-82)70-45-57-78(58-46-70)90-88-34-24-22-32-86(88)76-41-37-68(38-42-76)26-16-12-10-8-6-4-2/h13-14,17-24,27-66,89-90H,3-12,15-16,25-26H2,1-2H3. The molecule has 0 aliphatic rings. The van der Waals surface area contributed by atoms with Crippen LogP contribution in [-0.4, -0.2) is 0 Å². The van der Waals surface area contributed by atoms with Gasteiger partial charge in [-0.25, -0.2) is 0 Å². The maximum Gasteiger partial charge on any atom is 0.0463 e. The van der Waals surface area contributed by atoms with Crippen LogP contribution in [-0.2, 0) is 12.8 Å². The van der Waals surface area contributed by atoms with Crippen molar-refractivity contribution in [1.82, 2.24) is 0 Å². The van der Waals surface area contributed by atoms with Gasteiger partial charge in [0.15, 0.2) is 0 Å². The molecule has 0 saturated carbocycles. The van der Waals surface area contributed by atoms with Crippen LogP contribution in [0.3, 0.4) is 0 Å². The molecule has 0 amide bonds. The highest BCUT2D eigenvalue weighted by Gasteiger charge is 2.17. The number of benzene rings is 12. The number of hydrogen-bond donors (Lipinski definition) is 2. The Labute approximate surface area is 548 Å². The van der Waals surface area contributed by atoms with E-state index >= 15 is 0 Å². The number of nitrogens with one attached hydrogen (secondary N) is 2. The number of nitrogens with zero attached hydrogens (tertiary/aromatic N) is 2. The van der Waals surface area contributed by atoms with Crippen molar-refractivity contribution in [2.45, 2.75) is 104 Å². The van der Waals surface area contributed by atoms with Crippen LogP contribution in [0.15, 0.2) is 303 Å². The fraction of sp³-hybridized carbons (Fsp3) is 0.182. The van der Waals surface area contributed by atoms with Crippen LogP contribution in [0.4, 0.5) is 56.9 Å². The number of rotatable bonds is 29. The lowest BCUT2D eigenvalue weighted by molar-refractivity contribution is 0.607. The molecule has 2 N–H and O–H groups in total. The molecular weight excluding hydrogens is 1110 g/mol. The van der Waals surface area contributed by atoms with Gasteiger partial charge in [-0.3, -0.25) is 0 Å². The molecule has 0 spiro atoms. The third-order valence-electron chi connectivity index (χ3n) is 17.9. The Kier molecular flexibility index (Phi) is 21.3. The van der Waals surface area contributed by atoms with Crippen molar-refractivity contribution >= 4 is 56.9 Å². The molecule has 12 aromatic rings. The van der Waals surface area contributed by atoms with Crippen molar-refractivity contribution in [2.24, 2.45) is 0 Å². The first kappa shape index (κ1) is 62.1. The van der Waals surface area contributed by atoms with Crippen molar-refractivity contribution in [3.05, 3.63) is 314 Å². The summed E-state index contributed by atoms with van der Waals surface area (Å²) in [5, 5.41) is 7.45. The number of anilines is 10.